The lowest BCUT2D eigenvalue weighted by molar-refractivity contribution is 0.590. The van der Waals surface area contributed by atoms with Crippen molar-refractivity contribution in [1.29, 1.82) is 0 Å². The summed E-state index contributed by atoms with van der Waals surface area (Å²) in [6.07, 6.45) is 2.29. The van der Waals surface area contributed by atoms with E-state index >= 15 is 0 Å². The molecule has 0 aliphatic rings. The van der Waals surface area contributed by atoms with E-state index in [0.717, 1.165) is 19.4 Å². The lowest BCUT2D eigenvalue weighted by atomic mass is 9.87. The van der Waals surface area contributed by atoms with Crippen LogP contribution in [0.5, 0.6) is 0 Å². The topological polar surface area (TPSA) is 12.0 Å². The van der Waals surface area contributed by atoms with Crippen LogP contribution in [-0.2, 0) is 11.8 Å². The Labute approximate surface area is 123 Å². The minimum atomic E-state index is 0.228. The normalized spacial score (nSPS) is 11.3. The Morgan fingerprint density at radius 1 is 0.850 bits per heavy atom. The maximum absolute atomic E-state index is 3.49. The molecule has 0 radical (unpaired) electrons. The van der Waals surface area contributed by atoms with Crippen LogP contribution in [0.2, 0.25) is 0 Å². The van der Waals surface area contributed by atoms with E-state index in [1.54, 1.807) is 0 Å². The quantitative estimate of drug-likeness (QED) is 0.749. The highest BCUT2D eigenvalue weighted by molar-refractivity contribution is 5.45. The lowest BCUT2D eigenvalue weighted by Crippen LogP contribution is -2.11. The SMILES string of the molecule is CC(C)(C)c1ccc(NCCCc2ccccc2)cc1. The zero-order chi connectivity index (χ0) is 14.4. The molecule has 1 N–H and O–H groups in total. The molecule has 0 bridgehead atoms. The molecule has 0 fully saturated rings. The van der Waals surface area contributed by atoms with Crippen molar-refractivity contribution >= 4 is 5.69 Å². The van der Waals surface area contributed by atoms with E-state index in [9.17, 15) is 0 Å². The molecular weight excluding hydrogens is 242 g/mol. The third-order valence-corrected chi connectivity index (χ3v) is 3.57. The molecule has 2 aromatic carbocycles. The van der Waals surface area contributed by atoms with Crippen molar-refractivity contribution in [2.45, 2.75) is 39.0 Å². The molecule has 0 atom stereocenters. The average Bonchev–Trinajstić information content (AvgIpc) is 2.44. The highest BCUT2D eigenvalue weighted by atomic mass is 14.9. The molecule has 0 aliphatic carbocycles. The Bertz CT molecular complexity index is 506. The van der Waals surface area contributed by atoms with Gasteiger partial charge in [0.25, 0.3) is 0 Å². The van der Waals surface area contributed by atoms with Crippen LogP contribution in [0.3, 0.4) is 0 Å². The zero-order valence-electron chi connectivity index (χ0n) is 12.8. The van der Waals surface area contributed by atoms with Gasteiger partial charge in [-0.25, -0.2) is 0 Å². The Balaban J connectivity index is 1.77. The molecule has 20 heavy (non-hydrogen) atoms. The molecular formula is C19H25N. The first-order valence-corrected chi connectivity index (χ1v) is 7.44. The monoisotopic (exact) mass is 267 g/mol. The average molecular weight is 267 g/mol. The van der Waals surface area contributed by atoms with Gasteiger partial charge >= 0.3 is 0 Å². The van der Waals surface area contributed by atoms with Crippen molar-refractivity contribution in [3.63, 3.8) is 0 Å². The van der Waals surface area contributed by atoms with Crippen LogP contribution in [0.15, 0.2) is 54.6 Å². The van der Waals surface area contributed by atoms with Gasteiger partial charge in [0.05, 0.1) is 0 Å². The van der Waals surface area contributed by atoms with Crippen LogP contribution in [0.1, 0.15) is 38.3 Å². The maximum Gasteiger partial charge on any atom is 0.0340 e. The number of nitrogens with one attached hydrogen (secondary N) is 1. The fourth-order valence-corrected chi connectivity index (χ4v) is 2.26. The van der Waals surface area contributed by atoms with Crippen molar-refractivity contribution in [3.8, 4) is 0 Å². The summed E-state index contributed by atoms with van der Waals surface area (Å²) >= 11 is 0. The fraction of sp³-hybridized carbons (Fsp3) is 0.368. The van der Waals surface area contributed by atoms with Crippen LogP contribution in [0.25, 0.3) is 0 Å². The first-order valence-electron chi connectivity index (χ1n) is 7.44. The number of hydrogen-bond donors (Lipinski definition) is 1. The maximum atomic E-state index is 3.49. The Kier molecular flexibility index (Phi) is 4.84. The third-order valence-electron chi connectivity index (χ3n) is 3.57. The number of benzene rings is 2. The molecule has 0 amide bonds. The Morgan fingerprint density at radius 2 is 1.50 bits per heavy atom. The molecule has 0 aliphatic heterocycles. The minimum absolute atomic E-state index is 0.228. The zero-order valence-corrected chi connectivity index (χ0v) is 12.8. The van der Waals surface area contributed by atoms with E-state index < -0.39 is 0 Å². The summed E-state index contributed by atoms with van der Waals surface area (Å²) in [5.41, 5.74) is 4.24. The van der Waals surface area contributed by atoms with Crippen molar-refractivity contribution in [1.82, 2.24) is 0 Å². The van der Waals surface area contributed by atoms with Crippen LogP contribution < -0.4 is 5.32 Å². The number of hydrogen-bond acceptors (Lipinski definition) is 1. The highest BCUT2D eigenvalue weighted by Crippen LogP contribution is 2.23. The van der Waals surface area contributed by atoms with Gasteiger partial charge in [-0.2, -0.15) is 0 Å². The molecule has 0 unspecified atom stereocenters. The predicted octanol–water partition coefficient (Wildman–Crippen LogP) is 5.03. The van der Waals surface area contributed by atoms with E-state index in [1.165, 1.54) is 16.8 Å². The second-order valence-corrected chi connectivity index (χ2v) is 6.34. The second-order valence-electron chi connectivity index (χ2n) is 6.34. The Hall–Kier alpha value is -1.76. The minimum Gasteiger partial charge on any atom is -0.385 e. The molecule has 0 saturated heterocycles. The van der Waals surface area contributed by atoms with Gasteiger partial charge in [0.2, 0.25) is 0 Å². The van der Waals surface area contributed by atoms with Crippen molar-refractivity contribution < 1.29 is 0 Å². The van der Waals surface area contributed by atoms with E-state index in [4.69, 9.17) is 0 Å². The number of rotatable bonds is 5. The van der Waals surface area contributed by atoms with Gasteiger partial charge < -0.3 is 5.32 Å². The van der Waals surface area contributed by atoms with Gasteiger partial charge in [0, 0.05) is 12.2 Å². The van der Waals surface area contributed by atoms with E-state index in [-0.39, 0.29) is 5.41 Å². The summed E-state index contributed by atoms with van der Waals surface area (Å²) in [6.45, 7) is 7.75. The summed E-state index contributed by atoms with van der Waals surface area (Å²) in [5, 5.41) is 3.49. The van der Waals surface area contributed by atoms with Crippen LogP contribution in [0, 0.1) is 0 Å². The van der Waals surface area contributed by atoms with Crippen LogP contribution in [-0.4, -0.2) is 6.54 Å². The first kappa shape index (κ1) is 14.6. The smallest absolute Gasteiger partial charge is 0.0340 e. The lowest BCUT2D eigenvalue weighted by Gasteiger charge is -2.19. The predicted molar refractivity (Wildman–Crippen MR) is 88.4 cm³/mol. The summed E-state index contributed by atoms with van der Waals surface area (Å²) in [5.74, 6) is 0. The van der Waals surface area contributed by atoms with Gasteiger partial charge in [0.1, 0.15) is 0 Å². The number of aryl methyl sites for hydroxylation is 1. The second kappa shape index (κ2) is 6.60. The van der Waals surface area contributed by atoms with Gasteiger partial charge in [-0.05, 0) is 41.5 Å². The van der Waals surface area contributed by atoms with Crippen molar-refractivity contribution in [2.75, 3.05) is 11.9 Å². The summed E-state index contributed by atoms with van der Waals surface area (Å²) in [6, 6.07) is 19.5. The summed E-state index contributed by atoms with van der Waals surface area (Å²) in [4.78, 5) is 0. The van der Waals surface area contributed by atoms with Crippen molar-refractivity contribution in [2.24, 2.45) is 0 Å². The molecule has 0 aromatic heterocycles. The summed E-state index contributed by atoms with van der Waals surface area (Å²) in [7, 11) is 0. The molecule has 106 valence electrons. The van der Waals surface area contributed by atoms with E-state index in [1.807, 2.05) is 0 Å². The van der Waals surface area contributed by atoms with Crippen LogP contribution in [0.4, 0.5) is 5.69 Å². The van der Waals surface area contributed by atoms with Gasteiger partial charge in [-0.1, -0.05) is 63.2 Å². The number of anilines is 1. The largest absolute Gasteiger partial charge is 0.385 e. The summed E-state index contributed by atoms with van der Waals surface area (Å²) < 4.78 is 0. The molecule has 0 spiro atoms. The Morgan fingerprint density at radius 3 is 2.10 bits per heavy atom. The van der Waals surface area contributed by atoms with Gasteiger partial charge in [-0.15, -0.1) is 0 Å². The van der Waals surface area contributed by atoms with Gasteiger partial charge in [-0.3, -0.25) is 0 Å². The third kappa shape index (κ3) is 4.41. The van der Waals surface area contributed by atoms with Gasteiger partial charge in [0.15, 0.2) is 0 Å². The van der Waals surface area contributed by atoms with E-state index in [2.05, 4.69) is 80.7 Å². The standard InChI is InChI=1S/C19H25N/c1-19(2,3)17-11-13-18(14-12-17)20-15-7-10-16-8-5-4-6-9-16/h4-6,8-9,11-14,20H,7,10,15H2,1-3H3. The highest BCUT2D eigenvalue weighted by Gasteiger charge is 2.12. The first-order chi connectivity index (χ1) is 9.55. The molecule has 0 saturated carbocycles. The van der Waals surface area contributed by atoms with Crippen molar-refractivity contribution in [3.05, 3.63) is 65.7 Å². The molecule has 1 heteroatoms. The molecule has 0 heterocycles. The fourth-order valence-electron chi connectivity index (χ4n) is 2.26. The van der Waals surface area contributed by atoms with Crippen LogP contribution >= 0.6 is 0 Å². The van der Waals surface area contributed by atoms with E-state index in [0.29, 0.717) is 0 Å². The molecule has 2 aromatic rings. The molecule has 1 nitrogen and oxygen atoms in total. The molecule has 2 rings (SSSR count).